The Hall–Kier alpha value is -0.0800. The van der Waals surface area contributed by atoms with Gasteiger partial charge >= 0.3 is 0 Å². The molecule has 0 unspecified atom stereocenters. The maximum Gasteiger partial charge on any atom is 0.0710 e. The first-order chi connectivity index (χ1) is 4.36. The molecule has 1 heterocycles. The van der Waals surface area contributed by atoms with Gasteiger partial charge < -0.3 is 9.64 Å². The lowest BCUT2D eigenvalue weighted by molar-refractivity contribution is 0.109. The second kappa shape index (κ2) is 3.18. The highest BCUT2D eigenvalue weighted by molar-refractivity contribution is 4.73. The molecule has 2 heteroatoms. The van der Waals surface area contributed by atoms with Gasteiger partial charge in [-0.25, -0.2) is 0 Å². The van der Waals surface area contributed by atoms with Gasteiger partial charge in [0.05, 0.1) is 6.10 Å². The van der Waals surface area contributed by atoms with Gasteiger partial charge in [-0.2, -0.15) is 0 Å². The molecule has 2 nitrogen and oxygen atoms in total. The molecular formula is C7H15NO. The van der Waals surface area contributed by atoms with Crippen LogP contribution < -0.4 is 0 Å². The molecule has 1 rings (SSSR count). The molecule has 0 aromatic heterocycles. The second-order valence-electron chi connectivity index (χ2n) is 2.54. The fourth-order valence-electron chi connectivity index (χ4n) is 1.28. The van der Waals surface area contributed by atoms with Crippen molar-refractivity contribution >= 4 is 0 Å². The topological polar surface area (TPSA) is 12.5 Å². The number of nitrogens with zero attached hydrogens (tertiary/aromatic N) is 1. The average molecular weight is 129 g/mol. The minimum atomic E-state index is 0.505. The number of likely N-dealkylation sites (tertiary alicyclic amines) is 1. The van der Waals surface area contributed by atoms with Crippen molar-refractivity contribution in [2.75, 3.05) is 26.7 Å². The molecule has 0 aliphatic carbocycles. The van der Waals surface area contributed by atoms with Crippen molar-refractivity contribution in [1.82, 2.24) is 4.90 Å². The summed E-state index contributed by atoms with van der Waals surface area (Å²) in [7, 11) is 1.80. The first kappa shape index (κ1) is 7.03. The molecular weight excluding hydrogens is 114 g/mol. The summed E-state index contributed by atoms with van der Waals surface area (Å²) in [6.07, 6.45) is 1.72. The molecule has 54 valence electrons. The van der Waals surface area contributed by atoms with E-state index < -0.39 is 0 Å². The third-order valence-corrected chi connectivity index (χ3v) is 2.01. The first-order valence-corrected chi connectivity index (χ1v) is 3.62. The van der Waals surface area contributed by atoms with Crippen LogP contribution in [0.1, 0.15) is 13.3 Å². The van der Waals surface area contributed by atoms with Crippen LogP contribution in [0.2, 0.25) is 0 Å². The van der Waals surface area contributed by atoms with Gasteiger partial charge in [0.15, 0.2) is 0 Å². The van der Waals surface area contributed by atoms with Crippen molar-refractivity contribution in [3.8, 4) is 0 Å². The van der Waals surface area contributed by atoms with Gasteiger partial charge in [-0.1, -0.05) is 6.92 Å². The third-order valence-electron chi connectivity index (χ3n) is 2.01. The van der Waals surface area contributed by atoms with Crippen molar-refractivity contribution in [2.24, 2.45) is 0 Å². The molecule has 0 aromatic rings. The Morgan fingerprint density at radius 2 is 2.44 bits per heavy atom. The van der Waals surface area contributed by atoms with Crippen LogP contribution in [0.15, 0.2) is 0 Å². The molecule has 1 fully saturated rings. The maximum absolute atomic E-state index is 5.20. The van der Waals surface area contributed by atoms with Crippen molar-refractivity contribution in [3.05, 3.63) is 0 Å². The fraction of sp³-hybridized carbons (Fsp3) is 1.00. The lowest BCUT2D eigenvalue weighted by atomic mass is 10.3. The predicted molar refractivity (Wildman–Crippen MR) is 37.5 cm³/mol. The molecule has 1 aliphatic rings. The van der Waals surface area contributed by atoms with E-state index in [-0.39, 0.29) is 0 Å². The van der Waals surface area contributed by atoms with Crippen LogP contribution in [0.3, 0.4) is 0 Å². The van der Waals surface area contributed by atoms with Crippen LogP contribution in [0.4, 0.5) is 0 Å². The van der Waals surface area contributed by atoms with Crippen molar-refractivity contribution in [1.29, 1.82) is 0 Å². The molecule has 0 radical (unpaired) electrons. The second-order valence-corrected chi connectivity index (χ2v) is 2.54. The summed E-state index contributed by atoms with van der Waals surface area (Å²) >= 11 is 0. The number of hydrogen-bond donors (Lipinski definition) is 0. The van der Waals surface area contributed by atoms with E-state index in [0.29, 0.717) is 6.10 Å². The van der Waals surface area contributed by atoms with Crippen molar-refractivity contribution in [2.45, 2.75) is 19.4 Å². The quantitative estimate of drug-likeness (QED) is 0.545. The Balaban J connectivity index is 2.20. The highest BCUT2D eigenvalue weighted by Crippen LogP contribution is 2.10. The van der Waals surface area contributed by atoms with E-state index in [1.165, 1.54) is 19.5 Å². The zero-order valence-electron chi connectivity index (χ0n) is 6.26. The van der Waals surface area contributed by atoms with Crippen molar-refractivity contribution < 1.29 is 4.74 Å². The van der Waals surface area contributed by atoms with Crippen LogP contribution in [0, 0.1) is 0 Å². The van der Waals surface area contributed by atoms with Crippen molar-refractivity contribution in [3.63, 3.8) is 0 Å². The molecule has 1 atom stereocenters. The molecule has 0 spiro atoms. The number of hydrogen-bond acceptors (Lipinski definition) is 2. The lowest BCUT2D eigenvalue weighted by Gasteiger charge is -2.11. The van der Waals surface area contributed by atoms with Crippen LogP contribution in [-0.2, 0) is 4.74 Å². The number of rotatable bonds is 2. The molecule has 1 aliphatic heterocycles. The minimum absolute atomic E-state index is 0.505. The molecule has 1 saturated heterocycles. The normalized spacial score (nSPS) is 29.3. The SMILES string of the molecule is CCN1CC[C@@H](OC)C1. The van der Waals surface area contributed by atoms with E-state index in [2.05, 4.69) is 11.8 Å². The van der Waals surface area contributed by atoms with Crippen LogP contribution in [-0.4, -0.2) is 37.7 Å². The molecule has 0 aromatic carbocycles. The first-order valence-electron chi connectivity index (χ1n) is 3.62. The Kier molecular flexibility index (Phi) is 2.49. The van der Waals surface area contributed by atoms with E-state index in [4.69, 9.17) is 4.74 Å². The summed E-state index contributed by atoms with van der Waals surface area (Å²) < 4.78 is 5.20. The summed E-state index contributed by atoms with van der Waals surface area (Å²) in [5, 5.41) is 0. The fourth-order valence-corrected chi connectivity index (χ4v) is 1.28. The standard InChI is InChI=1S/C7H15NO/c1-3-8-5-4-7(6-8)9-2/h7H,3-6H2,1-2H3/t7-/m1/s1. The van der Waals surface area contributed by atoms with E-state index in [9.17, 15) is 0 Å². The zero-order valence-corrected chi connectivity index (χ0v) is 6.26. The molecule has 0 amide bonds. The summed E-state index contributed by atoms with van der Waals surface area (Å²) in [5.41, 5.74) is 0. The van der Waals surface area contributed by atoms with Gasteiger partial charge in [0.25, 0.3) is 0 Å². The van der Waals surface area contributed by atoms with E-state index in [0.717, 1.165) is 6.54 Å². The summed E-state index contributed by atoms with van der Waals surface area (Å²) in [4.78, 5) is 2.41. The Morgan fingerprint density at radius 1 is 1.67 bits per heavy atom. The highest BCUT2D eigenvalue weighted by atomic mass is 16.5. The predicted octanol–water partition coefficient (Wildman–Crippen LogP) is 0.727. The minimum Gasteiger partial charge on any atom is -0.380 e. The Labute approximate surface area is 56.8 Å². The zero-order chi connectivity index (χ0) is 6.69. The van der Waals surface area contributed by atoms with Gasteiger partial charge in [-0.3, -0.25) is 0 Å². The highest BCUT2D eigenvalue weighted by Gasteiger charge is 2.19. The average Bonchev–Trinajstić information content (AvgIpc) is 2.34. The van der Waals surface area contributed by atoms with Crippen LogP contribution in [0.25, 0.3) is 0 Å². The summed E-state index contributed by atoms with van der Waals surface area (Å²) in [6, 6.07) is 0. The van der Waals surface area contributed by atoms with Gasteiger partial charge in [-0.05, 0) is 13.0 Å². The van der Waals surface area contributed by atoms with E-state index in [1.807, 2.05) is 0 Å². The number of ether oxygens (including phenoxy) is 1. The largest absolute Gasteiger partial charge is 0.380 e. The smallest absolute Gasteiger partial charge is 0.0710 e. The van der Waals surface area contributed by atoms with E-state index in [1.54, 1.807) is 7.11 Å². The molecule has 9 heavy (non-hydrogen) atoms. The van der Waals surface area contributed by atoms with Gasteiger partial charge in [0, 0.05) is 20.2 Å². The third kappa shape index (κ3) is 1.66. The number of likely N-dealkylation sites (N-methyl/N-ethyl adjacent to an activating group) is 1. The van der Waals surface area contributed by atoms with Gasteiger partial charge in [0.2, 0.25) is 0 Å². The number of methoxy groups -OCH3 is 1. The molecule has 0 bridgehead atoms. The van der Waals surface area contributed by atoms with Crippen LogP contribution >= 0.6 is 0 Å². The van der Waals surface area contributed by atoms with Gasteiger partial charge in [-0.15, -0.1) is 0 Å². The van der Waals surface area contributed by atoms with Crippen LogP contribution in [0.5, 0.6) is 0 Å². The maximum atomic E-state index is 5.20. The van der Waals surface area contributed by atoms with Gasteiger partial charge in [0.1, 0.15) is 0 Å². The Morgan fingerprint density at radius 3 is 2.78 bits per heavy atom. The molecule has 0 saturated carbocycles. The summed E-state index contributed by atoms with van der Waals surface area (Å²) in [5.74, 6) is 0. The Bertz CT molecular complexity index is 75.0. The van der Waals surface area contributed by atoms with E-state index >= 15 is 0 Å². The monoisotopic (exact) mass is 129 g/mol. The molecule has 0 N–H and O–H groups in total. The lowest BCUT2D eigenvalue weighted by Crippen LogP contribution is -2.22. The summed E-state index contributed by atoms with van der Waals surface area (Å²) in [6.45, 7) is 5.71.